The van der Waals surface area contributed by atoms with E-state index < -0.39 is 0 Å². The summed E-state index contributed by atoms with van der Waals surface area (Å²) < 4.78 is 1.67. The molecule has 2 atom stereocenters. The van der Waals surface area contributed by atoms with Gasteiger partial charge in [0.2, 0.25) is 5.91 Å². The maximum absolute atomic E-state index is 12.3. The van der Waals surface area contributed by atoms with Crippen LogP contribution in [0.2, 0.25) is 5.02 Å². The lowest BCUT2D eigenvalue weighted by Gasteiger charge is -2.12. The second kappa shape index (κ2) is 7.13. The van der Waals surface area contributed by atoms with Crippen molar-refractivity contribution in [2.45, 2.75) is 25.3 Å². The van der Waals surface area contributed by atoms with Gasteiger partial charge in [-0.15, -0.1) is 12.4 Å². The predicted molar refractivity (Wildman–Crippen MR) is 89.8 cm³/mol. The summed E-state index contributed by atoms with van der Waals surface area (Å²) in [7, 11) is 0. The summed E-state index contributed by atoms with van der Waals surface area (Å²) in [5.74, 6) is 0.636. The lowest BCUT2D eigenvalue weighted by molar-refractivity contribution is -0.119. The summed E-state index contributed by atoms with van der Waals surface area (Å²) in [4.78, 5) is 12.3. The molecule has 1 fully saturated rings. The molecule has 0 aliphatic heterocycles. The van der Waals surface area contributed by atoms with Crippen molar-refractivity contribution < 1.29 is 4.79 Å². The van der Waals surface area contributed by atoms with Crippen molar-refractivity contribution >= 4 is 35.7 Å². The Morgan fingerprint density at radius 3 is 2.86 bits per heavy atom. The van der Waals surface area contributed by atoms with Gasteiger partial charge >= 0.3 is 0 Å². The third kappa shape index (κ3) is 3.61. The smallest absolute Gasteiger partial charge is 0.228 e. The van der Waals surface area contributed by atoms with Crippen LogP contribution < -0.4 is 11.1 Å². The van der Waals surface area contributed by atoms with Crippen LogP contribution in [0.1, 0.15) is 19.3 Å². The third-order valence-corrected chi connectivity index (χ3v) is 4.03. The van der Waals surface area contributed by atoms with Gasteiger partial charge in [-0.1, -0.05) is 17.7 Å². The molecule has 3 N–H and O–H groups in total. The molecule has 0 spiro atoms. The van der Waals surface area contributed by atoms with Crippen LogP contribution in [0.25, 0.3) is 5.69 Å². The zero-order valence-electron chi connectivity index (χ0n) is 11.9. The Morgan fingerprint density at radius 1 is 1.36 bits per heavy atom. The molecule has 2 unspecified atom stereocenters. The molecule has 1 aromatic heterocycles. The zero-order chi connectivity index (χ0) is 14.8. The number of halogens is 2. The second-order valence-corrected chi connectivity index (χ2v) is 5.80. The van der Waals surface area contributed by atoms with Gasteiger partial charge in [-0.05, 0) is 37.5 Å². The van der Waals surface area contributed by atoms with Crippen LogP contribution in [0.3, 0.4) is 0 Å². The molecular weight excluding hydrogens is 323 g/mol. The van der Waals surface area contributed by atoms with E-state index in [4.69, 9.17) is 17.3 Å². The number of carbonyl (C=O) groups is 1. The van der Waals surface area contributed by atoms with E-state index >= 15 is 0 Å². The molecule has 1 aromatic carbocycles. The lowest BCUT2D eigenvalue weighted by Crippen LogP contribution is -2.24. The topological polar surface area (TPSA) is 72.9 Å². The molecule has 118 valence electrons. The number of hydrogen-bond acceptors (Lipinski definition) is 3. The lowest BCUT2D eigenvalue weighted by atomic mass is 10.1. The van der Waals surface area contributed by atoms with Gasteiger partial charge in [-0.2, -0.15) is 5.10 Å². The van der Waals surface area contributed by atoms with Crippen molar-refractivity contribution in [2.24, 2.45) is 11.7 Å². The summed E-state index contributed by atoms with van der Waals surface area (Å²) in [5, 5.41) is 7.80. The minimum absolute atomic E-state index is 0. The summed E-state index contributed by atoms with van der Waals surface area (Å²) in [6.45, 7) is 0. The highest BCUT2D eigenvalue weighted by Crippen LogP contribution is 2.26. The van der Waals surface area contributed by atoms with Gasteiger partial charge in [0.15, 0.2) is 0 Å². The number of hydrogen-bond donors (Lipinski definition) is 2. The average Bonchev–Trinajstić information content (AvgIpc) is 3.08. The molecule has 0 saturated heterocycles. The molecule has 1 aliphatic carbocycles. The van der Waals surface area contributed by atoms with Crippen LogP contribution in [0.4, 0.5) is 5.82 Å². The van der Waals surface area contributed by atoms with E-state index in [1.165, 1.54) is 0 Å². The number of amides is 1. The molecule has 0 bridgehead atoms. The fraction of sp³-hybridized carbons (Fsp3) is 0.333. The zero-order valence-corrected chi connectivity index (χ0v) is 13.5. The Bertz CT molecular complexity index is 658. The summed E-state index contributed by atoms with van der Waals surface area (Å²) in [6.07, 6.45) is 4.15. The van der Waals surface area contributed by atoms with Gasteiger partial charge < -0.3 is 11.1 Å². The quantitative estimate of drug-likeness (QED) is 0.901. The Balaban J connectivity index is 0.00000176. The monoisotopic (exact) mass is 340 g/mol. The molecule has 22 heavy (non-hydrogen) atoms. The van der Waals surface area contributed by atoms with E-state index in [-0.39, 0.29) is 30.3 Å². The van der Waals surface area contributed by atoms with E-state index in [0.717, 1.165) is 24.9 Å². The van der Waals surface area contributed by atoms with Gasteiger partial charge in [0.1, 0.15) is 5.82 Å². The molecule has 3 rings (SSSR count). The van der Waals surface area contributed by atoms with Crippen LogP contribution in [-0.4, -0.2) is 21.7 Å². The van der Waals surface area contributed by atoms with Gasteiger partial charge in [-0.3, -0.25) is 4.79 Å². The standard InChI is InChI=1S/C15H17ClN4O.ClH/c16-11-2-1-3-13(9-11)20-14(6-7-18-20)19-15(21)10-4-5-12(17)8-10;/h1-3,6-7,9-10,12H,4-5,8,17H2,(H,19,21);1H. The number of benzene rings is 1. The Hall–Kier alpha value is -1.56. The van der Waals surface area contributed by atoms with E-state index in [1.54, 1.807) is 29.1 Å². The summed E-state index contributed by atoms with van der Waals surface area (Å²) in [5.41, 5.74) is 6.67. The van der Waals surface area contributed by atoms with Crippen molar-refractivity contribution in [1.82, 2.24) is 9.78 Å². The molecule has 1 saturated carbocycles. The van der Waals surface area contributed by atoms with Crippen molar-refractivity contribution in [2.75, 3.05) is 5.32 Å². The summed E-state index contributed by atoms with van der Waals surface area (Å²) in [6, 6.07) is 9.25. The number of aromatic nitrogens is 2. The van der Waals surface area contributed by atoms with E-state index in [9.17, 15) is 4.79 Å². The molecular formula is C15H18Cl2N4O. The van der Waals surface area contributed by atoms with Crippen molar-refractivity contribution in [3.05, 3.63) is 41.6 Å². The van der Waals surface area contributed by atoms with Gasteiger partial charge in [0.05, 0.1) is 11.9 Å². The largest absolute Gasteiger partial charge is 0.328 e. The molecule has 0 radical (unpaired) electrons. The minimum atomic E-state index is -0.0114. The maximum Gasteiger partial charge on any atom is 0.228 e. The highest BCUT2D eigenvalue weighted by Gasteiger charge is 2.28. The van der Waals surface area contributed by atoms with Crippen LogP contribution in [0, 0.1) is 5.92 Å². The number of nitrogens with zero attached hydrogens (tertiary/aromatic N) is 2. The fourth-order valence-electron chi connectivity index (χ4n) is 2.69. The van der Waals surface area contributed by atoms with Gasteiger partial charge in [0, 0.05) is 23.0 Å². The third-order valence-electron chi connectivity index (χ3n) is 3.79. The van der Waals surface area contributed by atoms with Crippen LogP contribution in [-0.2, 0) is 4.79 Å². The Kier molecular flexibility index (Phi) is 5.45. The Morgan fingerprint density at radius 2 is 2.18 bits per heavy atom. The number of nitrogens with two attached hydrogens (primary N) is 1. The first-order valence-electron chi connectivity index (χ1n) is 7.00. The molecule has 1 amide bonds. The molecule has 7 heteroatoms. The minimum Gasteiger partial charge on any atom is -0.328 e. The van der Waals surface area contributed by atoms with Crippen molar-refractivity contribution in [1.29, 1.82) is 0 Å². The first-order chi connectivity index (χ1) is 10.1. The van der Waals surface area contributed by atoms with Crippen LogP contribution in [0.15, 0.2) is 36.5 Å². The molecule has 2 aromatic rings. The highest BCUT2D eigenvalue weighted by molar-refractivity contribution is 6.30. The highest BCUT2D eigenvalue weighted by atomic mass is 35.5. The van der Waals surface area contributed by atoms with Crippen molar-refractivity contribution in [3.8, 4) is 5.69 Å². The van der Waals surface area contributed by atoms with Crippen molar-refractivity contribution in [3.63, 3.8) is 0 Å². The molecule has 1 aliphatic rings. The molecule has 5 nitrogen and oxygen atoms in total. The average molecular weight is 341 g/mol. The number of nitrogens with one attached hydrogen (secondary N) is 1. The maximum atomic E-state index is 12.3. The van der Waals surface area contributed by atoms with Crippen LogP contribution in [0.5, 0.6) is 0 Å². The van der Waals surface area contributed by atoms with E-state index in [0.29, 0.717) is 10.8 Å². The van der Waals surface area contributed by atoms with Crippen LogP contribution >= 0.6 is 24.0 Å². The van der Waals surface area contributed by atoms with Gasteiger partial charge in [-0.25, -0.2) is 4.68 Å². The predicted octanol–water partition coefficient (Wildman–Crippen LogP) is 3.01. The first kappa shape index (κ1) is 16.8. The SMILES string of the molecule is Cl.NC1CCC(C(=O)Nc2ccnn2-c2cccc(Cl)c2)C1. The van der Waals surface area contributed by atoms with E-state index in [1.807, 2.05) is 12.1 Å². The number of rotatable bonds is 3. The van der Waals surface area contributed by atoms with E-state index in [2.05, 4.69) is 10.4 Å². The molecule has 1 heterocycles. The fourth-order valence-corrected chi connectivity index (χ4v) is 2.88. The van der Waals surface area contributed by atoms with Gasteiger partial charge in [0.25, 0.3) is 0 Å². The number of anilines is 1. The Labute approximate surface area is 140 Å². The summed E-state index contributed by atoms with van der Waals surface area (Å²) >= 11 is 6.00. The number of carbonyl (C=O) groups excluding carboxylic acids is 1. The first-order valence-corrected chi connectivity index (χ1v) is 7.37. The second-order valence-electron chi connectivity index (χ2n) is 5.37. The normalized spacial score (nSPS) is 20.5.